The molecule has 0 radical (unpaired) electrons. The fourth-order valence-corrected chi connectivity index (χ4v) is 3.44. The number of aliphatic hydroxyl groups is 1. The van der Waals surface area contributed by atoms with Gasteiger partial charge in [0.05, 0.1) is 17.4 Å². The van der Waals surface area contributed by atoms with Gasteiger partial charge < -0.3 is 10.0 Å². The maximum atomic E-state index is 8.97. The molecule has 2 heterocycles. The Hall–Kier alpha value is -0.870. The van der Waals surface area contributed by atoms with Gasteiger partial charge in [0.15, 0.2) is 0 Å². The molecule has 3 rings (SSSR count). The van der Waals surface area contributed by atoms with Crippen LogP contribution in [0.4, 0.5) is 5.95 Å². The Bertz CT molecular complexity index is 417. The molecule has 1 saturated heterocycles. The smallest absolute Gasteiger partial charge is 0.225 e. The second-order valence-corrected chi connectivity index (χ2v) is 6.13. The minimum atomic E-state index is 0.346. The zero-order chi connectivity index (χ0) is 13.2. The van der Waals surface area contributed by atoms with Crippen LogP contribution in [0, 0.1) is 17.8 Å². The molecular weight excluding hydrogens is 262 g/mol. The molecule has 0 bridgehead atoms. The summed E-state index contributed by atoms with van der Waals surface area (Å²) in [6, 6.07) is 0. The molecular formula is C14H20ClN3O. The normalized spacial score (nSPS) is 27.6. The standard InChI is InChI=1S/C14H20ClN3O/c15-12-8-16-14(17-9-12)18-4-1-10(2-5-18)13-7-11(13)3-6-19/h8-11,13,19H,1-7H2/t11?,13-/m1/s1. The van der Waals surface area contributed by atoms with Crippen molar-refractivity contribution in [1.29, 1.82) is 0 Å². The molecule has 19 heavy (non-hydrogen) atoms. The van der Waals surface area contributed by atoms with Gasteiger partial charge in [-0.3, -0.25) is 0 Å². The molecule has 2 aliphatic rings. The molecule has 5 heteroatoms. The summed E-state index contributed by atoms with van der Waals surface area (Å²) in [5.41, 5.74) is 0. The summed E-state index contributed by atoms with van der Waals surface area (Å²) in [7, 11) is 0. The highest BCUT2D eigenvalue weighted by molar-refractivity contribution is 6.30. The van der Waals surface area contributed by atoms with E-state index in [4.69, 9.17) is 16.7 Å². The number of piperidine rings is 1. The third-order valence-electron chi connectivity index (χ3n) is 4.51. The predicted molar refractivity (Wildman–Crippen MR) is 75.3 cm³/mol. The van der Waals surface area contributed by atoms with Gasteiger partial charge in [-0.1, -0.05) is 11.6 Å². The van der Waals surface area contributed by atoms with Crippen LogP contribution in [0.2, 0.25) is 5.02 Å². The molecule has 4 nitrogen and oxygen atoms in total. The van der Waals surface area contributed by atoms with Crippen molar-refractivity contribution in [3.05, 3.63) is 17.4 Å². The molecule has 0 amide bonds. The van der Waals surface area contributed by atoms with E-state index in [1.165, 1.54) is 19.3 Å². The molecule has 1 N–H and O–H groups in total. The Kier molecular flexibility index (Phi) is 3.89. The van der Waals surface area contributed by atoms with Crippen molar-refractivity contribution in [2.24, 2.45) is 17.8 Å². The van der Waals surface area contributed by atoms with Gasteiger partial charge in [0, 0.05) is 19.7 Å². The fraction of sp³-hybridized carbons (Fsp3) is 0.714. The van der Waals surface area contributed by atoms with E-state index in [0.29, 0.717) is 11.6 Å². The minimum absolute atomic E-state index is 0.346. The van der Waals surface area contributed by atoms with E-state index >= 15 is 0 Å². The number of aromatic nitrogens is 2. The lowest BCUT2D eigenvalue weighted by atomic mass is 9.90. The Labute approximate surface area is 118 Å². The van der Waals surface area contributed by atoms with Gasteiger partial charge in [0.2, 0.25) is 5.95 Å². The van der Waals surface area contributed by atoms with Gasteiger partial charge in [-0.15, -0.1) is 0 Å². The quantitative estimate of drug-likeness (QED) is 0.920. The summed E-state index contributed by atoms with van der Waals surface area (Å²) in [4.78, 5) is 10.8. The average Bonchev–Trinajstić information content (AvgIpc) is 3.20. The number of nitrogens with zero attached hydrogens (tertiary/aromatic N) is 3. The molecule has 1 unspecified atom stereocenters. The molecule has 0 spiro atoms. The lowest BCUT2D eigenvalue weighted by Crippen LogP contribution is -2.35. The first-order chi connectivity index (χ1) is 9.28. The van der Waals surface area contributed by atoms with Crippen molar-refractivity contribution in [1.82, 2.24) is 9.97 Å². The van der Waals surface area contributed by atoms with E-state index < -0.39 is 0 Å². The second-order valence-electron chi connectivity index (χ2n) is 5.70. The zero-order valence-corrected chi connectivity index (χ0v) is 11.8. The number of hydrogen-bond acceptors (Lipinski definition) is 4. The van der Waals surface area contributed by atoms with Crippen molar-refractivity contribution in [3.8, 4) is 0 Å². The van der Waals surface area contributed by atoms with Crippen LogP contribution in [-0.2, 0) is 0 Å². The minimum Gasteiger partial charge on any atom is -0.396 e. The van der Waals surface area contributed by atoms with Crippen molar-refractivity contribution in [3.63, 3.8) is 0 Å². The number of anilines is 1. The molecule has 0 aromatic carbocycles. The summed E-state index contributed by atoms with van der Waals surface area (Å²) in [6.45, 7) is 2.42. The monoisotopic (exact) mass is 281 g/mol. The van der Waals surface area contributed by atoms with E-state index in [0.717, 1.165) is 43.2 Å². The summed E-state index contributed by atoms with van der Waals surface area (Å²) >= 11 is 5.81. The first-order valence-electron chi connectivity index (χ1n) is 7.11. The Morgan fingerprint density at radius 2 is 1.95 bits per heavy atom. The maximum Gasteiger partial charge on any atom is 0.225 e. The van der Waals surface area contributed by atoms with Crippen molar-refractivity contribution in [2.75, 3.05) is 24.6 Å². The van der Waals surface area contributed by atoms with Crippen LogP contribution in [-0.4, -0.2) is 34.8 Å². The molecule has 104 valence electrons. The van der Waals surface area contributed by atoms with Crippen molar-refractivity contribution in [2.45, 2.75) is 25.7 Å². The van der Waals surface area contributed by atoms with Crippen LogP contribution in [0.1, 0.15) is 25.7 Å². The highest BCUT2D eigenvalue weighted by Crippen LogP contribution is 2.49. The Morgan fingerprint density at radius 3 is 2.58 bits per heavy atom. The fourth-order valence-electron chi connectivity index (χ4n) is 3.34. The zero-order valence-electron chi connectivity index (χ0n) is 11.0. The highest BCUT2D eigenvalue weighted by atomic mass is 35.5. The van der Waals surface area contributed by atoms with Gasteiger partial charge in [-0.05, 0) is 43.4 Å². The molecule has 1 aromatic rings. The molecule has 2 atom stereocenters. The lowest BCUT2D eigenvalue weighted by molar-refractivity contribution is 0.266. The van der Waals surface area contributed by atoms with E-state index in [1.807, 2.05) is 0 Å². The van der Waals surface area contributed by atoms with Crippen LogP contribution in [0.5, 0.6) is 0 Å². The van der Waals surface area contributed by atoms with Crippen molar-refractivity contribution >= 4 is 17.5 Å². The van der Waals surface area contributed by atoms with Crippen LogP contribution in [0.3, 0.4) is 0 Å². The summed E-state index contributed by atoms with van der Waals surface area (Å²) in [6.07, 6.45) is 8.08. The third-order valence-corrected chi connectivity index (χ3v) is 4.71. The number of aliphatic hydroxyl groups excluding tert-OH is 1. The van der Waals surface area contributed by atoms with E-state index in [1.54, 1.807) is 12.4 Å². The van der Waals surface area contributed by atoms with Crippen LogP contribution < -0.4 is 4.90 Å². The van der Waals surface area contributed by atoms with Gasteiger partial charge in [0.1, 0.15) is 0 Å². The molecule has 1 aromatic heterocycles. The van der Waals surface area contributed by atoms with Crippen molar-refractivity contribution < 1.29 is 5.11 Å². The largest absolute Gasteiger partial charge is 0.396 e. The first kappa shape index (κ1) is 13.1. The number of halogens is 1. The highest BCUT2D eigenvalue weighted by Gasteiger charge is 2.42. The van der Waals surface area contributed by atoms with Crippen LogP contribution in [0.25, 0.3) is 0 Å². The number of rotatable bonds is 4. The summed E-state index contributed by atoms with van der Waals surface area (Å²) in [5.74, 6) is 3.28. The molecule has 1 aliphatic carbocycles. The molecule has 1 saturated carbocycles. The van der Waals surface area contributed by atoms with Crippen LogP contribution in [0.15, 0.2) is 12.4 Å². The van der Waals surface area contributed by atoms with Gasteiger partial charge >= 0.3 is 0 Å². The van der Waals surface area contributed by atoms with Gasteiger partial charge in [0.25, 0.3) is 0 Å². The second kappa shape index (κ2) is 5.63. The lowest BCUT2D eigenvalue weighted by Gasteiger charge is -2.32. The van der Waals surface area contributed by atoms with Gasteiger partial charge in [-0.2, -0.15) is 0 Å². The van der Waals surface area contributed by atoms with E-state index in [2.05, 4.69) is 14.9 Å². The average molecular weight is 282 g/mol. The summed E-state index contributed by atoms with van der Waals surface area (Å²) < 4.78 is 0. The Balaban J connectivity index is 1.51. The SMILES string of the molecule is OCCC1C[C@@H]1C1CCN(c2ncc(Cl)cn2)CC1. The first-order valence-corrected chi connectivity index (χ1v) is 7.49. The van der Waals surface area contributed by atoms with E-state index in [9.17, 15) is 0 Å². The topological polar surface area (TPSA) is 49.2 Å². The molecule has 1 aliphatic heterocycles. The predicted octanol–water partition coefficient (Wildman–Crippen LogP) is 2.36. The van der Waals surface area contributed by atoms with E-state index in [-0.39, 0.29) is 0 Å². The Morgan fingerprint density at radius 1 is 1.26 bits per heavy atom. The molecule has 2 fully saturated rings. The third kappa shape index (κ3) is 3.00. The number of hydrogen-bond donors (Lipinski definition) is 1. The van der Waals surface area contributed by atoms with Gasteiger partial charge in [-0.25, -0.2) is 9.97 Å². The summed E-state index contributed by atoms with van der Waals surface area (Å²) in [5, 5.41) is 9.56. The van der Waals surface area contributed by atoms with Crippen LogP contribution >= 0.6 is 11.6 Å². The maximum absolute atomic E-state index is 8.97.